The lowest BCUT2D eigenvalue weighted by Crippen LogP contribution is -2.50. The molecule has 86 valence electrons. The summed E-state index contributed by atoms with van der Waals surface area (Å²) in [6, 6.07) is 3.75. The molecule has 3 N–H and O–H groups in total. The zero-order chi connectivity index (χ0) is 11.9. The zero-order valence-corrected chi connectivity index (χ0v) is 8.74. The minimum absolute atomic E-state index is 0.124. The molecule has 0 saturated carbocycles. The van der Waals surface area contributed by atoms with Crippen LogP contribution in [0.25, 0.3) is 0 Å². The molecule has 0 saturated heterocycles. The molecule has 1 aliphatic heterocycles. The van der Waals surface area contributed by atoms with E-state index < -0.39 is 17.3 Å². The summed E-state index contributed by atoms with van der Waals surface area (Å²) in [6.45, 7) is 1.73. The van der Waals surface area contributed by atoms with Gasteiger partial charge in [-0.1, -0.05) is 0 Å². The monoisotopic (exact) mass is 225 g/mol. The summed E-state index contributed by atoms with van der Waals surface area (Å²) in [7, 11) is 0. The molecule has 1 aromatic carbocycles. The summed E-state index contributed by atoms with van der Waals surface area (Å²) in [6.07, 6.45) is -0.183. The second-order valence-corrected chi connectivity index (χ2v) is 4.05. The lowest BCUT2D eigenvalue weighted by molar-refractivity contribution is -0.145. The number of carboxylic acids is 1. The lowest BCUT2D eigenvalue weighted by atomic mass is 9.83. The van der Waals surface area contributed by atoms with Gasteiger partial charge in [0.15, 0.2) is 0 Å². The smallest absolute Gasteiger partial charge is 0.328 e. The normalized spacial score (nSPS) is 28.1. The minimum Gasteiger partial charge on any atom is -0.490 e. The van der Waals surface area contributed by atoms with Crippen LogP contribution in [-0.4, -0.2) is 17.2 Å². The van der Waals surface area contributed by atoms with Crippen molar-refractivity contribution in [3.63, 3.8) is 0 Å². The predicted molar refractivity (Wildman–Crippen MR) is 54.6 cm³/mol. The van der Waals surface area contributed by atoms with Gasteiger partial charge in [-0.3, -0.25) is 0 Å². The van der Waals surface area contributed by atoms with E-state index in [9.17, 15) is 9.18 Å². The molecule has 5 heteroatoms. The first-order valence-corrected chi connectivity index (χ1v) is 4.92. The Morgan fingerprint density at radius 3 is 3.00 bits per heavy atom. The second kappa shape index (κ2) is 3.45. The van der Waals surface area contributed by atoms with E-state index in [1.807, 2.05) is 0 Å². The van der Waals surface area contributed by atoms with Gasteiger partial charge in [0.25, 0.3) is 0 Å². The van der Waals surface area contributed by atoms with E-state index in [0.717, 1.165) is 6.07 Å². The van der Waals surface area contributed by atoms with Crippen molar-refractivity contribution in [2.45, 2.75) is 25.0 Å². The van der Waals surface area contributed by atoms with E-state index >= 15 is 0 Å². The number of aliphatic carboxylic acids is 1. The number of hydrogen-bond donors (Lipinski definition) is 2. The summed E-state index contributed by atoms with van der Waals surface area (Å²) >= 11 is 0. The summed E-state index contributed by atoms with van der Waals surface area (Å²) in [5, 5.41) is 9.15. The molecule has 0 fully saturated rings. The van der Waals surface area contributed by atoms with Gasteiger partial charge in [0.05, 0.1) is 6.10 Å². The van der Waals surface area contributed by atoms with E-state index in [0.29, 0.717) is 5.75 Å². The van der Waals surface area contributed by atoms with Crippen molar-refractivity contribution < 1.29 is 19.0 Å². The van der Waals surface area contributed by atoms with E-state index in [4.69, 9.17) is 15.6 Å². The number of carboxylic acid groups (broad SMARTS) is 1. The number of ether oxygens (including phenoxy) is 1. The number of halogens is 1. The maximum atomic E-state index is 13.1. The van der Waals surface area contributed by atoms with Gasteiger partial charge in [0.2, 0.25) is 0 Å². The number of fused-ring (bicyclic) bond motifs is 1. The molecule has 0 aromatic heterocycles. The molecule has 0 amide bonds. The number of benzene rings is 1. The standard InChI is InChI=1S/C11H12FNO3/c1-6-5-11(13,10(14)15)8-4-7(12)2-3-9(8)16-6/h2-4,6H,5,13H2,1H3,(H,14,15)/t6?,11-/m1/s1. The number of nitrogens with two attached hydrogens (primary N) is 1. The Hall–Kier alpha value is -1.62. The van der Waals surface area contributed by atoms with Crippen molar-refractivity contribution in [3.8, 4) is 5.75 Å². The highest BCUT2D eigenvalue weighted by Crippen LogP contribution is 2.38. The Morgan fingerprint density at radius 1 is 1.69 bits per heavy atom. The fraction of sp³-hybridized carbons (Fsp3) is 0.364. The third kappa shape index (κ3) is 1.53. The molecule has 0 spiro atoms. The number of carbonyl (C=O) groups is 1. The summed E-state index contributed by atoms with van der Waals surface area (Å²) in [5.41, 5.74) is 4.44. The maximum absolute atomic E-state index is 13.1. The first-order chi connectivity index (χ1) is 7.43. The Bertz CT molecular complexity index is 449. The minimum atomic E-state index is -1.57. The Morgan fingerprint density at radius 2 is 2.38 bits per heavy atom. The molecule has 4 nitrogen and oxygen atoms in total. The molecular weight excluding hydrogens is 213 g/mol. The molecule has 1 unspecified atom stereocenters. The summed E-state index contributed by atoms with van der Waals surface area (Å²) in [4.78, 5) is 11.2. The van der Waals surface area contributed by atoms with Crippen LogP contribution in [0, 0.1) is 5.82 Å². The largest absolute Gasteiger partial charge is 0.490 e. The summed E-state index contributed by atoms with van der Waals surface area (Å²) < 4.78 is 18.5. The van der Waals surface area contributed by atoms with Crippen LogP contribution in [0.15, 0.2) is 18.2 Å². The van der Waals surface area contributed by atoms with Crippen LogP contribution in [0.2, 0.25) is 0 Å². The van der Waals surface area contributed by atoms with E-state index in [2.05, 4.69) is 0 Å². The average molecular weight is 225 g/mol. The van der Waals surface area contributed by atoms with Gasteiger partial charge in [-0.05, 0) is 25.1 Å². The SMILES string of the molecule is CC1C[C@](N)(C(=O)O)c2cc(F)ccc2O1. The first kappa shape index (κ1) is 10.9. The van der Waals surface area contributed by atoms with E-state index in [1.54, 1.807) is 6.92 Å². The topological polar surface area (TPSA) is 72.6 Å². The van der Waals surface area contributed by atoms with Crippen LogP contribution in [0.3, 0.4) is 0 Å². The Labute approximate surface area is 91.8 Å². The molecule has 16 heavy (non-hydrogen) atoms. The van der Waals surface area contributed by atoms with Crippen LogP contribution in [-0.2, 0) is 10.3 Å². The third-order valence-electron chi connectivity index (χ3n) is 2.74. The highest BCUT2D eigenvalue weighted by molar-refractivity contribution is 5.82. The molecule has 1 heterocycles. The lowest BCUT2D eigenvalue weighted by Gasteiger charge is -2.35. The fourth-order valence-electron chi connectivity index (χ4n) is 1.98. The quantitative estimate of drug-likeness (QED) is 0.754. The van der Waals surface area contributed by atoms with Crippen molar-refractivity contribution in [3.05, 3.63) is 29.6 Å². The molecule has 2 atom stereocenters. The van der Waals surface area contributed by atoms with Crippen LogP contribution in [0.5, 0.6) is 5.75 Å². The van der Waals surface area contributed by atoms with Gasteiger partial charge in [0.1, 0.15) is 17.1 Å². The Balaban J connectivity index is 2.60. The van der Waals surface area contributed by atoms with Gasteiger partial charge >= 0.3 is 5.97 Å². The van der Waals surface area contributed by atoms with Crippen molar-refractivity contribution >= 4 is 5.97 Å². The van der Waals surface area contributed by atoms with Gasteiger partial charge < -0.3 is 15.6 Å². The van der Waals surface area contributed by atoms with Crippen LogP contribution in [0.4, 0.5) is 4.39 Å². The molecular formula is C11H12FNO3. The molecule has 0 radical (unpaired) electrons. The average Bonchev–Trinajstić information content (AvgIpc) is 2.19. The van der Waals surface area contributed by atoms with Gasteiger partial charge in [0, 0.05) is 12.0 Å². The van der Waals surface area contributed by atoms with Gasteiger partial charge in [-0.25, -0.2) is 9.18 Å². The predicted octanol–water partition coefficient (Wildman–Crippen LogP) is 1.24. The number of hydrogen-bond acceptors (Lipinski definition) is 3. The third-order valence-corrected chi connectivity index (χ3v) is 2.74. The van der Waals surface area contributed by atoms with Crippen LogP contribution < -0.4 is 10.5 Å². The van der Waals surface area contributed by atoms with Crippen LogP contribution in [0.1, 0.15) is 18.9 Å². The van der Waals surface area contributed by atoms with Crippen LogP contribution >= 0.6 is 0 Å². The highest BCUT2D eigenvalue weighted by atomic mass is 19.1. The maximum Gasteiger partial charge on any atom is 0.328 e. The molecule has 2 rings (SSSR count). The second-order valence-electron chi connectivity index (χ2n) is 4.05. The fourth-order valence-corrected chi connectivity index (χ4v) is 1.98. The molecule has 0 bridgehead atoms. The van der Waals surface area contributed by atoms with Crippen molar-refractivity contribution in [2.75, 3.05) is 0 Å². The van der Waals surface area contributed by atoms with Crippen molar-refractivity contribution in [2.24, 2.45) is 5.73 Å². The van der Waals surface area contributed by atoms with Gasteiger partial charge in [-0.2, -0.15) is 0 Å². The zero-order valence-electron chi connectivity index (χ0n) is 8.74. The highest BCUT2D eigenvalue weighted by Gasteiger charge is 2.43. The summed E-state index contributed by atoms with van der Waals surface area (Å²) in [5.74, 6) is -1.35. The first-order valence-electron chi connectivity index (χ1n) is 4.92. The Kier molecular flexibility index (Phi) is 2.35. The molecule has 0 aliphatic carbocycles. The van der Waals surface area contributed by atoms with E-state index in [-0.39, 0.29) is 18.1 Å². The van der Waals surface area contributed by atoms with E-state index in [1.165, 1.54) is 12.1 Å². The number of rotatable bonds is 1. The van der Waals surface area contributed by atoms with Gasteiger partial charge in [-0.15, -0.1) is 0 Å². The molecule has 1 aromatic rings. The molecule has 1 aliphatic rings. The van der Waals surface area contributed by atoms with Crippen molar-refractivity contribution in [1.29, 1.82) is 0 Å². The van der Waals surface area contributed by atoms with Crippen molar-refractivity contribution in [1.82, 2.24) is 0 Å².